The molecule has 0 atom stereocenters. The maximum atomic E-state index is 8.86. The second-order valence-corrected chi connectivity index (χ2v) is 3.59. The van der Waals surface area contributed by atoms with E-state index in [0.717, 1.165) is 18.0 Å². The fraction of sp³-hybridized carbons (Fsp3) is 0.556. The van der Waals surface area contributed by atoms with Crippen LogP contribution < -0.4 is 5.73 Å². The lowest BCUT2D eigenvalue weighted by atomic mass is 10.1. The molecule has 1 aliphatic carbocycles. The van der Waals surface area contributed by atoms with Gasteiger partial charge in [-0.3, -0.25) is 4.68 Å². The summed E-state index contributed by atoms with van der Waals surface area (Å²) in [5.74, 6) is 1.22. The lowest BCUT2D eigenvalue weighted by molar-refractivity contribution is 0.722. The van der Waals surface area contributed by atoms with E-state index in [4.69, 9.17) is 11.0 Å². The van der Waals surface area contributed by atoms with Crippen molar-refractivity contribution in [1.29, 1.82) is 5.26 Å². The fourth-order valence-electron chi connectivity index (χ4n) is 1.45. The Hall–Kier alpha value is -1.50. The van der Waals surface area contributed by atoms with Crippen LogP contribution in [0.15, 0.2) is 0 Å². The molecule has 1 heterocycles. The highest BCUT2D eigenvalue weighted by atomic mass is 15.3. The summed E-state index contributed by atoms with van der Waals surface area (Å²) in [6.07, 6.45) is 3.44. The van der Waals surface area contributed by atoms with Crippen LogP contribution >= 0.6 is 0 Å². The first kappa shape index (κ1) is 8.11. The molecule has 68 valence electrons. The monoisotopic (exact) mass is 176 g/mol. The van der Waals surface area contributed by atoms with Crippen LogP contribution in [-0.4, -0.2) is 9.78 Å². The van der Waals surface area contributed by atoms with Crippen molar-refractivity contribution in [1.82, 2.24) is 9.78 Å². The number of aromatic nitrogens is 2. The Labute approximate surface area is 77.0 Å². The van der Waals surface area contributed by atoms with Crippen LogP contribution in [0.1, 0.15) is 24.1 Å². The molecule has 0 unspecified atom stereocenters. The summed E-state index contributed by atoms with van der Waals surface area (Å²) >= 11 is 0. The number of nitrogens with zero attached hydrogens (tertiary/aromatic N) is 3. The van der Waals surface area contributed by atoms with Crippen LogP contribution in [0.3, 0.4) is 0 Å². The van der Waals surface area contributed by atoms with E-state index < -0.39 is 0 Å². The summed E-state index contributed by atoms with van der Waals surface area (Å²) in [7, 11) is 1.77. The fourth-order valence-corrected chi connectivity index (χ4v) is 1.45. The largest absolute Gasteiger partial charge is 0.383 e. The first-order valence-corrected chi connectivity index (χ1v) is 4.44. The van der Waals surface area contributed by atoms with Gasteiger partial charge in [0.15, 0.2) is 0 Å². The quantitative estimate of drug-likeness (QED) is 0.725. The Morgan fingerprint density at radius 2 is 2.38 bits per heavy atom. The molecule has 2 rings (SSSR count). The van der Waals surface area contributed by atoms with Crippen molar-refractivity contribution in [2.24, 2.45) is 13.0 Å². The number of hydrogen-bond donors (Lipinski definition) is 1. The van der Waals surface area contributed by atoms with E-state index in [1.165, 1.54) is 12.8 Å². The Bertz CT molecular complexity index is 368. The molecule has 0 bridgehead atoms. The van der Waals surface area contributed by atoms with Crippen LogP contribution in [0.5, 0.6) is 0 Å². The van der Waals surface area contributed by atoms with E-state index in [-0.39, 0.29) is 0 Å². The zero-order valence-corrected chi connectivity index (χ0v) is 7.62. The number of hydrogen-bond acceptors (Lipinski definition) is 3. The summed E-state index contributed by atoms with van der Waals surface area (Å²) in [5.41, 5.74) is 7.12. The third kappa shape index (κ3) is 1.37. The summed E-state index contributed by atoms with van der Waals surface area (Å²) in [6.45, 7) is 0. The number of nitrogen functional groups attached to an aromatic ring is 1. The molecule has 4 heteroatoms. The van der Waals surface area contributed by atoms with Crippen LogP contribution in [-0.2, 0) is 13.5 Å². The maximum Gasteiger partial charge on any atom is 0.139 e. The predicted octanol–water partition coefficient (Wildman–Crippen LogP) is 0.826. The minimum atomic E-state index is 0.484. The zero-order valence-electron chi connectivity index (χ0n) is 7.62. The Morgan fingerprint density at radius 1 is 1.69 bits per heavy atom. The zero-order chi connectivity index (χ0) is 9.42. The Morgan fingerprint density at radius 3 is 2.92 bits per heavy atom. The molecule has 0 aliphatic heterocycles. The smallest absolute Gasteiger partial charge is 0.139 e. The molecule has 2 N–H and O–H groups in total. The van der Waals surface area contributed by atoms with E-state index in [9.17, 15) is 0 Å². The highest BCUT2D eigenvalue weighted by molar-refractivity contribution is 5.52. The molecular weight excluding hydrogens is 164 g/mol. The minimum absolute atomic E-state index is 0.484. The van der Waals surface area contributed by atoms with Crippen molar-refractivity contribution >= 4 is 5.82 Å². The average molecular weight is 176 g/mol. The predicted molar refractivity (Wildman–Crippen MR) is 48.8 cm³/mol. The van der Waals surface area contributed by atoms with Gasteiger partial charge >= 0.3 is 0 Å². The lowest BCUT2D eigenvalue weighted by Crippen LogP contribution is -1.98. The number of rotatable bonds is 2. The first-order valence-electron chi connectivity index (χ1n) is 4.44. The van der Waals surface area contributed by atoms with Crippen LogP contribution in [0.2, 0.25) is 0 Å². The van der Waals surface area contributed by atoms with Gasteiger partial charge in [-0.15, -0.1) is 0 Å². The first-order chi connectivity index (χ1) is 6.22. The van der Waals surface area contributed by atoms with Gasteiger partial charge in [-0.05, 0) is 25.2 Å². The molecular formula is C9H12N4. The van der Waals surface area contributed by atoms with Gasteiger partial charge < -0.3 is 5.73 Å². The topological polar surface area (TPSA) is 67.6 Å². The van der Waals surface area contributed by atoms with Gasteiger partial charge in [-0.25, -0.2) is 0 Å². The van der Waals surface area contributed by atoms with Gasteiger partial charge in [0.05, 0.1) is 5.69 Å². The molecule has 13 heavy (non-hydrogen) atoms. The van der Waals surface area contributed by atoms with Gasteiger partial charge in [-0.2, -0.15) is 10.4 Å². The highest BCUT2D eigenvalue weighted by Gasteiger charge is 2.25. The van der Waals surface area contributed by atoms with Crippen molar-refractivity contribution in [2.45, 2.75) is 19.3 Å². The van der Waals surface area contributed by atoms with Crippen molar-refractivity contribution in [3.05, 3.63) is 11.3 Å². The molecule has 0 radical (unpaired) electrons. The third-order valence-corrected chi connectivity index (χ3v) is 2.45. The van der Waals surface area contributed by atoms with Gasteiger partial charge in [0.25, 0.3) is 0 Å². The molecule has 1 saturated carbocycles. The average Bonchev–Trinajstić information content (AvgIpc) is 2.84. The van der Waals surface area contributed by atoms with E-state index in [1.807, 2.05) is 0 Å². The van der Waals surface area contributed by atoms with Crippen LogP contribution in [0.25, 0.3) is 0 Å². The van der Waals surface area contributed by atoms with Gasteiger partial charge in [-0.1, -0.05) is 0 Å². The molecule has 0 saturated heterocycles. The van der Waals surface area contributed by atoms with Crippen molar-refractivity contribution in [2.75, 3.05) is 5.73 Å². The molecule has 1 aliphatic rings. The van der Waals surface area contributed by atoms with Crippen molar-refractivity contribution in [3.8, 4) is 6.07 Å². The van der Waals surface area contributed by atoms with E-state index >= 15 is 0 Å². The van der Waals surface area contributed by atoms with E-state index in [1.54, 1.807) is 11.7 Å². The lowest BCUT2D eigenvalue weighted by Gasteiger charge is -1.91. The summed E-state index contributed by atoms with van der Waals surface area (Å²) in [4.78, 5) is 0. The highest BCUT2D eigenvalue weighted by Crippen LogP contribution is 2.33. The third-order valence-electron chi connectivity index (χ3n) is 2.45. The summed E-state index contributed by atoms with van der Waals surface area (Å²) in [6, 6.07) is 2.11. The van der Waals surface area contributed by atoms with Crippen LogP contribution in [0.4, 0.5) is 5.82 Å². The molecule has 1 aromatic rings. The maximum absolute atomic E-state index is 8.86. The molecule has 0 spiro atoms. The molecule has 0 amide bonds. The second kappa shape index (κ2) is 2.77. The standard InChI is InChI=1S/C9H12N4/c1-13-9(11)7(5-10)8(12-13)4-6-2-3-6/h6H,2-4,11H2,1H3. The van der Waals surface area contributed by atoms with Crippen molar-refractivity contribution < 1.29 is 0 Å². The van der Waals surface area contributed by atoms with Gasteiger partial charge in [0.2, 0.25) is 0 Å². The van der Waals surface area contributed by atoms with Gasteiger partial charge in [0, 0.05) is 7.05 Å². The van der Waals surface area contributed by atoms with E-state index in [0.29, 0.717) is 11.4 Å². The molecule has 1 aromatic heterocycles. The second-order valence-electron chi connectivity index (χ2n) is 3.59. The molecule has 4 nitrogen and oxygen atoms in total. The summed E-state index contributed by atoms with van der Waals surface area (Å²) in [5, 5.41) is 13.1. The van der Waals surface area contributed by atoms with E-state index in [2.05, 4.69) is 11.2 Å². The number of anilines is 1. The minimum Gasteiger partial charge on any atom is -0.383 e. The van der Waals surface area contributed by atoms with Gasteiger partial charge in [0.1, 0.15) is 17.5 Å². The van der Waals surface area contributed by atoms with Crippen LogP contribution in [0, 0.1) is 17.2 Å². The SMILES string of the molecule is Cn1nc(CC2CC2)c(C#N)c1N. The number of nitriles is 1. The number of aryl methyl sites for hydroxylation is 1. The molecule has 1 fully saturated rings. The van der Waals surface area contributed by atoms with Crippen molar-refractivity contribution in [3.63, 3.8) is 0 Å². The summed E-state index contributed by atoms with van der Waals surface area (Å²) < 4.78 is 1.58. The Balaban J connectivity index is 2.32. The number of nitrogens with two attached hydrogens (primary N) is 1. The normalized spacial score (nSPS) is 15.7. The molecule has 0 aromatic carbocycles. The Kier molecular flexibility index (Phi) is 1.73.